The van der Waals surface area contributed by atoms with E-state index in [1.807, 2.05) is 57.2 Å². The molecule has 7 nitrogen and oxygen atoms in total. The van der Waals surface area contributed by atoms with Gasteiger partial charge in [-0.05, 0) is 40.5 Å². The van der Waals surface area contributed by atoms with Crippen LogP contribution < -0.4 is 10.6 Å². The summed E-state index contributed by atoms with van der Waals surface area (Å²) in [5.41, 5.74) is 4.47. The van der Waals surface area contributed by atoms with Crippen LogP contribution in [0.4, 0.5) is 4.79 Å². The zero-order chi connectivity index (χ0) is 24.8. The first-order chi connectivity index (χ1) is 16.2. The van der Waals surface area contributed by atoms with Crippen molar-refractivity contribution in [1.29, 1.82) is 0 Å². The molecule has 0 bridgehead atoms. The molecule has 34 heavy (non-hydrogen) atoms. The lowest BCUT2D eigenvalue weighted by molar-refractivity contribution is -0.143. The molecule has 2 amide bonds. The molecule has 1 aliphatic rings. The Bertz CT molecular complexity index is 990. The van der Waals surface area contributed by atoms with Crippen molar-refractivity contribution in [1.82, 2.24) is 10.6 Å². The maximum Gasteiger partial charge on any atom is 0.407 e. The molecule has 2 aromatic carbocycles. The number of benzene rings is 2. The highest BCUT2D eigenvalue weighted by atomic mass is 16.5. The van der Waals surface area contributed by atoms with Crippen molar-refractivity contribution < 1.29 is 24.2 Å². The van der Waals surface area contributed by atoms with Crippen LogP contribution in [-0.2, 0) is 14.3 Å². The minimum atomic E-state index is -1.09. The highest BCUT2D eigenvalue weighted by Crippen LogP contribution is 2.44. The normalized spacial score (nSPS) is 15.1. The van der Waals surface area contributed by atoms with Gasteiger partial charge in [0.2, 0.25) is 5.91 Å². The van der Waals surface area contributed by atoms with E-state index in [9.17, 15) is 19.5 Å². The highest BCUT2D eigenvalue weighted by Gasteiger charge is 2.32. The van der Waals surface area contributed by atoms with Gasteiger partial charge in [0.05, 0.1) is 0 Å². The number of carboxylic acids is 1. The van der Waals surface area contributed by atoms with Crippen LogP contribution in [0.3, 0.4) is 0 Å². The van der Waals surface area contributed by atoms with Crippen LogP contribution in [-0.4, -0.2) is 41.8 Å². The molecule has 3 atom stereocenters. The third-order valence-electron chi connectivity index (χ3n) is 6.44. The van der Waals surface area contributed by atoms with Crippen LogP contribution in [0.2, 0.25) is 0 Å². The van der Waals surface area contributed by atoms with Gasteiger partial charge in [0, 0.05) is 5.92 Å². The fourth-order valence-corrected chi connectivity index (χ4v) is 4.42. The van der Waals surface area contributed by atoms with Gasteiger partial charge in [-0.25, -0.2) is 9.59 Å². The van der Waals surface area contributed by atoms with Crippen molar-refractivity contribution in [3.8, 4) is 11.1 Å². The predicted molar refractivity (Wildman–Crippen MR) is 130 cm³/mol. The van der Waals surface area contributed by atoms with Crippen molar-refractivity contribution in [3.63, 3.8) is 0 Å². The standard InChI is InChI=1S/C27H34N2O5/c1-5-17(4)24(26(31)32)29-25(30)23(14-16(2)3)28-27(33)34-15-22-20-12-8-6-10-18(20)19-11-7-9-13-21(19)22/h6-13,16-17,22-24H,5,14-15H2,1-4H3,(H,28,33)(H,29,30)(H,31,32)/t17-,23+,24-/m0/s1. The first-order valence-electron chi connectivity index (χ1n) is 11.9. The summed E-state index contributed by atoms with van der Waals surface area (Å²) in [6.45, 7) is 7.65. The van der Waals surface area contributed by atoms with E-state index < -0.39 is 30.1 Å². The number of carbonyl (C=O) groups excluding carboxylic acids is 2. The average Bonchev–Trinajstić information content (AvgIpc) is 3.13. The number of alkyl carbamates (subject to hydrolysis) is 1. The largest absolute Gasteiger partial charge is 0.480 e. The molecule has 2 aromatic rings. The fourth-order valence-electron chi connectivity index (χ4n) is 4.42. The topological polar surface area (TPSA) is 105 Å². The second-order valence-corrected chi connectivity index (χ2v) is 9.36. The number of aliphatic carboxylic acids is 1. The fraction of sp³-hybridized carbons (Fsp3) is 0.444. The van der Waals surface area contributed by atoms with Gasteiger partial charge in [-0.3, -0.25) is 4.79 Å². The van der Waals surface area contributed by atoms with Crippen molar-refractivity contribution in [2.45, 2.75) is 58.5 Å². The van der Waals surface area contributed by atoms with Gasteiger partial charge < -0.3 is 20.5 Å². The third-order valence-corrected chi connectivity index (χ3v) is 6.44. The van der Waals surface area contributed by atoms with Gasteiger partial charge in [0.25, 0.3) is 0 Å². The Morgan fingerprint density at radius 3 is 2.00 bits per heavy atom. The van der Waals surface area contributed by atoms with E-state index in [1.165, 1.54) is 0 Å². The van der Waals surface area contributed by atoms with E-state index in [1.54, 1.807) is 6.92 Å². The number of nitrogens with one attached hydrogen (secondary N) is 2. The predicted octanol–water partition coefficient (Wildman–Crippen LogP) is 4.56. The summed E-state index contributed by atoms with van der Waals surface area (Å²) in [5.74, 6) is -1.83. The molecule has 0 saturated heterocycles. The number of ether oxygens (including phenoxy) is 1. The molecular formula is C27H34N2O5. The molecular weight excluding hydrogens is 432 g/mol. The third kappa shape index (κ3) is 5.76. The highest BCUT2D eigenvalue weighted by molar-refractivity contribution is 5.89. The van der Waals surface area contributed by atoms with Crippen LogP contribution >= 0.6 is 0 Å². The summed E-state index contributed by atoms with van der Waals surface area (Å²) >= 11 is 0. The molecule has 0 aromatic heterocycles. The van der Waals surface area contributed by atoms with Crippen molar-refractivity contribution in [3.05, 3.63) is 59.7 Å². The summed E-state index contributed by atoms with van der Waals surface area (Å²) in [4.78, 5) is 37.2. The number of rotatable bonds is 10. The Morgan fingerprint density at radius 2 is 1.50 bits per heavy atom. The first kappa shape index (κ1) is 25.3. The number of fused-ring (bicyclic) bond motifs is 3. The van der Waals surface area contributed by atoms with E-state index in [2.05, 4.69) is 22.8 Å². The quantitative estimate of drug-likeness (QED) is 0.476. The minimum absolute atomic E-state index is 0.0858. The summed E-state index contributed by atoms with van der Waals surface area (Å²) in [7, 11) is 0. The molecule has 0 saturated carbocycles. The van der Waals surface area contributed by atoms with E-state index in [-0.39, 0.29) is 24.4 Å². The lowest BCUT2D eigenvalue weighted by Crippen LogP contribution is -2.53. The molecule has 0 fully saturated rings. The molecule has 0 spiro atoms. The number of carbonyl (C=O) groups is 3. The van der Waals surface area contributed by atoms with Crippen LogP contribution in [0, 0.1) is 11.8 Å². The summed E-state index contributed by atoms with van der Waals surface area (Å²) in [6.07, 6.45) is 0.271. The smallest absolute Gasteiger partial charge is 0.407 e. The zero-order valence-electron chi connectivity index (χ0n) is 20.2. The van der Waals surface area contributed by atoms with Crippen LogP contribution in [0.25, 0.3) is 11.1 Å². The monoisotopic (exact) mass is 466 g/mol. The van der Waals surface area contributed by atoms with Gasteiger partial charge in [0.15, 0.2) is 0 Å². The number of hydrogen-bond acceptors (Lipinski definition) is 4. The average molecular weight is 467 g/mol. The molecule has 0 heterocycles. The Hall–Kier alpha value is -3.35. The maximum atomic E-state index is 12.9. The Labute approximate surface area is 200 Å². The van der Waals surface area contributed by atoms with E-state index in [4.69, 9.17) is 4.74 Å². The molecule has 7 heteroatoms. The van der Waals surface area contributed by atoms with E-state index in [0.29, 0.717) is 12.8 Å². The second kappa shape index (κ2) is 11.2. The second-order valence-electron chi connectivity index (χ2n) is 9.36. The Balaban J connectivity index is 1.67. The zero-order valence-corrected chi connectivity index (χ0v) is 20.2. The van der Waals surface area contributed by atoms with Crippen molar-refractivity contribution in [2.75, 3.05) is 6.61 Å². The lowest BCUT2D eigenvalue weighted by atomic mass is 9.97. The molecule has 3 N–H and O–H groups in total. The Morgan fingerprint density at radius 1 is 0.941 bits per heavy atom. The van der Waals surface area contributed by atoms with Gasteiger partial charge in [-0.1, -0.05) is 82.6 Å². The summed E-state index contributed by atoms with van der Waals surface area (Å²) in [5, 5.41) is 14.8. The molecule has 0 unspecified atom stereocenters. The molecule has 1 aliphatic carbocycles. The molecule has 0 radical (unpaired) electrons. The van der Waals surface area contributed by atoms with Gasteiger partial charge in [-0.15, -0.1) is 0 Å². The number of carboxylic acid groups (broad SMARTS) is 1. The van der Waals surface area contributed by atoms with Crippen molar-refractivity contribution >= 4 is 18.0 Å². The molecule has 0 aliphatic heterocycles. The first-order valence-corrected chi connectivity index (χ1v) is 11.9. The lowest BCUT2D eigenvalue weighted by Gasteiger charge is -2.25. The maximum absolute atomic E-state index is 12.9. The SMILES string of the molecule is CC[C@H](C)[C@H](NC(=O)[C@@H](CC(C)C)NC(=O)OCC1c2ccccc2-c2ccccc21)C(=O)O. The van der Waals surface area contributed by atoms with E-state index >= 15 is 0 Å². The van der Waals surface area contributed by atoms with Crippen LogP contribution in [0.1, 0.15) is 57.6 Å². The van der Waals surface area contributed by atoms with Crippen molar-refractivity contribution in [2.24, 2.45) is 11.8 Å². The van der Waals surface area contributed by atoms with Gasteiger partial charge in [-0.2, -0.15) is 0 Å². The summed E-state index contributed by atoms with van der Waals surface area (Å²) in [6, 6.07) is 14.2. The van der Waals surface area contributed by atoms with Crippen LogP contribution in [0.15, 0.2) is 48.5 Å². The molecule has 182 valence electrons. The Kier molecular flexibility index (Phi) is 8.31. The van der Waals surface area contributed by atoms with Gasteiger partial charge >= 0.3 is 12.1 Å². The number of amides is 2. The van der Waals surface area contributed by atoms with Crippen LogP contribution in [0.5, 0.6) is 0 Å². The minimum Gasteiger partial charge on any atom is -0.480 e. The summed E-state index contributed by atoms with van der Waals surface area (Å²) < 4.78 is 5.58. The van der Waals surface area contributed by atoms with E-state index in [0.717, 1.165) is 22.3 Å². The van der Waals surface area contributed by atoms with Gasteiger partial charge in [0.1, 0.15) is 18.7 Å². The number of hydrogen-bond donors (Lipinski definition) is 3. The molecule has 3 rings (SSSR count).